The number of anilines is 3. The van der Waals surface area contributed by atoms with Gasteiger partial charge in [-0.05, 0) is 126 Å². The SMILES string of the molecule is CC1(C)c2ccccc2-c2ccc(N(c3ccc4c(c3)-c3ccccc3Oc3ccccc3-4)c3ccc4c(c3)C3(c5ccccc5C=Cc5ccccc53)c3ccccc3-4)cc21. The second-order valence-corrected chi connectivity index (χ2v) is 17.6. The lowest BCUT2D eigenvalue weighted by atomic mass is 9.66. The Morgan fingerprint density at radius 2 is 0.742 bits per heavy atom. The Morgan fingerprint density at radius 3 is 1.37 bits per heavy atom. The first-order chi connectivity index (χ1) is 30.5. The van der Waals surface area contributed by atoms with Crippen LogP contribution in [0.1, 0.15) is 58.4 Å². The average molecular weight is 792 g/mol. The van der Waals surface area contributed by atoms with Crippen LogP contribution in [0.5, 0.6) is 11.5 Å². The lowest BCUT2D eigenvalue weighted by Crippen LogP contribution is -2.30. The number of hydrogen-bond acceptors (Lipinski definition) is 2. The van der Waals surface area contributed by atoms with Gasteiger partial charge in [0, 0.05) is 33.6 Å². The number of para-hydroxylation sites is 2. The maximum Gasteiger partial charge on any atom is 0.135 e. The van der Waals surface area contributed by atoms with Crippen LogP contribution in [0.3, 0.4) is 0 Å². The van der Waals surface area contributed by atoms with Crippen LogP contribution in [-0.4, -0.2) is 0 Å². The zero-order valence-electron chi connectivity index (χ0n) is 34.6. The van der Waals surface area contributed by atoms with Crippen molar-refractivity contribution in [1.29, 1.82) is 0 Å². The summed E-state index contributed by atoms with van der Waals surface area (Å²) in [6.45, 7) is 4.74. The highest BCUT2D eigenvalue weighted by Gasteiger charge is 2.48. The van der Waals surface area contributed by atoms with Crippen molar-refractivity contribution in [2.24, 2.45) is 0 Å². The molecule has 9 aromatic rings. The fraction of sp³-hybridized carbons (Fsp3) is 0.0667. The van der Waals surface area contributed by atoms with Gasteiger partial charge in [0.15, 0.2) is 0 Å². The molecule has 62 heavy (non-hydrogen) atoms. The standard InChI is InChI=1S/C60H41NO/c1-59(2)53-23-11-5-17-44(53)46-33-30-41(36-55(46)59)61(40-29-32-43-48-19-7-13-25-57(48)62-58-26-14-8-20-49(58)50(43)35-40)42-31-34-47-45-18-6-12-24-54(45)60(56(47)37-42)51-21-9-3-15-38(51)27-28-39-16-4-10-22-52(39)60/h3-37H,1-2H3. The van der Waals surface area contributed by atoms with Gasteiger partial charge in [-0.15, -0.1) is 0 Å². The Labute approximate surface area is 362 Å². The number of benzene rings is 9. The summed E-state index contributed by atoms with van der Waals surface area (Å²) < 4.78 is 6.65. The van der Waals surface area contributed by atoms with Crippen molar-refractivity contribution in [3.05, 3.63) is 245 Å². The van der Waals surface area contributed by atoms with Crippen molar-refractivity contribution in [3.8, 4) is 56.0 Å². The highest BCUT2D eigenvalue weighted by Crippen LogP contribution is 2.60. The monoisotopic (exact) mass is 791 g/mol. The maximum atomic E-state index is 6.65. The molecule has 0 fully saturated rings. The first-order valence-corrected chi connectivity index (χ1v) is 21.7. The van der Waals surface area contributed by atoms with E-state index < -0.39 is 5.41 Å². The molecule has 292 valence electrons. The first kappa shape index (κ1) is 35.1. The van der Waals surface area contributed by atoms with E-state index in [0.717, 1.165) is 50.8 Å². The molecule has 3 aliphatic carbocycles. The van der Waals surface area contributed by atoms with E-state index in [9.17, 15) is 0 Å². The van der Waals surface area contributed by atoms with Gasteiger partial charge in [-0.3, -0.25) is 0 Å². The third-order valence-corrected chi connectivity index (χ3v) is 14.1. The van der Waals surface area contributed by atoms with Crippen molar-refractivity contribution in [2.75, 3.05) is 4.90 Å². The average Bonchev–Trinajstić information content (AvgIpc) is 3.59. The fourth-order valence-corrected chi connectivity index (χ4v) is 11.4. The second kappa shape index (κ2) is 12.9. The number of ether oxygens (including phenoxy) is 1. The van der Waals surface area contributed by atoms with Crippen molar-refractivity contribution in [3.63, 3.8) is 0 Å². The van der Waals surface area contributed by atoms with Crippen molar-refractivity contribution >= 4 is 29.2 Å². The van der Waals surface area contributed by atoms with Crippen LogP contribution in [0, 0.1) is 0 Å². The van der Waals surface area contributed by atoms with Gasteiger partial charge in [0.1, 0.15) is 11.5 Å². The molecule has 0 N–H and O–H groups in total. The van der Waals surface area contributed by atoms with Gasteiger partial charge in [-0.1, -0.05) is 178 Å². The highest BCUT2D eigenvalue weighted by molar-refractivity contribution is 5.96. The van der Waals surface area contributed by atoms with Crippen LogP contribution in [-0.2, 0) is 10.8 Å². The molecule has 9 aromatic carbocycles. The fourth-order valence-electron chi connectivity index (χ4n) is 11.4. The summed E-state index contributed by atoms with van der Waals surface area (Å²) in [7, 11) is 0. The Kier molecular flexibility index (Phi) is 7.31. The molecule has 0 radical (unpaired) electrons. The number of fused-ring (bicyclic) bond motifs is 17. The molecule has 0 saturated heterocycles. The smallest absolute Gasteiger partial charge is 0.135 e. The number of rotatable bonds is 3. The molecule has 0 unspecified atom stereocenters. The van der Waals surface area contributed by atoms with Gasteiger partial charge in [-0.2, -0.15) is 0 Å². The lowest BCUT2D eigenvalue weighted by Gasteiger charge is -2.36. The molecule has 1 aliphatic heterocycles. The van der Waals surface area contributed by atoms with Gasteiger partial charge < -0.3 is 9.64 Å². The lowest BCUT2D eigenvalue weighted by molar-refractivity contribution is 0.488. The summed E-state index contributed by atoms with van der Waals surface area (Å²) in [6, 6.07) is 74.1. The topological polar surface area (TPSA) is 12.5 Å². The Bertz CT molecular complexity index is 3330. The van der Waals surface area contributed by atoms with Crippen LogP contribution in [0.4, 0.5) is 17.1 Å². The van der Waals surface area contributed by atoms with E-state index in [-0.39, 0.29) is 5.41 Å². The van der Waals surface area contributed by atoms with Crippen LogP contribution in [0.15, 0.2) is 200 Å². The molecular weight excluding hydrogens is 751 g/mol. The van der Waals surface area contributed by atoms with Crippen LogP contribution >= 0.6 is 0 Å². The summed E-state index contributed by atoms with van der Waals surface area (Å²) in [6.07, 6.45) is 4.61. The van der Waals surface area contributed by atoms with Gasteiger partial charge in [0.05, 0.1) is 5.41 Å². The predicted molar refractivity (Wildman–Crippen MR) is 256 cm³/mol. The predicted octanol–water partition coefficient (Wildman–Crippen LogP) is 15.7. The zero-order chi connectivity index (χ0) is 41.2. The number of nitrogens with zero attached hydrogens (tertiary/aromatic N) is 1. The molecule has 1 spiro atoms. The largest absolute Gasteiger partial charge is 0.456 e. The maximum absolute atomic E-state index is 6.65. The van der Waals surface area contributed by atoms with Gasteiger partial charge in [-0.25, -0.2) is 0 Å². The molecular formula is C60H41NO. The third kappa shape index (κ3) is 4.75. The van der Waals surface area contributed by atoms with E-state index in [1.807, 2.05) is 0 Å². The minimum absolute atomic E-state index is 0.161. The van der Waals surface area contributed by atoms with Gasteiger partial charge in [0.2, 0.25) is 0 Å². The van der Waals surface area contributed by atoms with Crippen molar-refractivity contribution in [1.82, 2.24) is 0 Å². The minimum Gasteiger partial charge on any atom is -0.456 e. The summed E-state index contributed by atoms with van der Waals surface area (Å²) in [5.74, 6) is 1.72. The van der Waals surface area contributed by atoms with Gasteiger partial charge in [0.25, 0.3) is 0 Å². The summed E-state index contributed by atoms with van der Waals surface area (Å²) in [5, 5.41) is 0. The molecule has 0 amide bonds. The van der Waals surface area contributed by atoms with Crippen LogP contribution in [0.2, 0.25) is 0 Å². The van der Waals surface area contributed by atoms with Crippen molar-refractivity contribution in [2.45, 2.75) is 24.7 Å². The van der Waals surface area contributed by atoms with E-state index in [1.165, 1.54) is 66.8 Å². The Morgan fingerprint density at radius 1 is 0.323 bits per heavy atom. The van der Waals surface area contributed by atoms with Crippen LogP contribution < -0.4 is 9.64 Å². The molecule has 2 nitrogen and oxygen atoms in total. The molecule has 0 bridgehead atoms. The third-order valence-electron chi connectivity index (χ3n) is 14.1. The van der Waals surface area contributed by atoms with Crippen molar-refractivity contribution < 1.29 is 4.74 Å². The van der Waals surface area contributed by atoms with Gasteiger partial charge >= 0.3 is 0 Å². The molecule has 1 heterocycles. The molecule has 0 atom stereocenters. The normalized spacial score (nSPS) is 14.6. The summed E-state index contributed by atoms with van der Waals surface area (Å²) in [4.78, 5) is 2.49. The quantitative estimate of drug-likeness (QED) is 0.177. The first-order valence-electron chi connectivity index (χ1n) is 21.7. The second-order valence-electron chi connectivity index (χ2n) is 17.6. The summed E-state index contributed by atoms with van der Waals surface area (Å²) in [5.41, 5.74) is 22.6. The number of hydrogen-bond donors (Lipinski definition) is 0. The molecule has 4 aliphatic rings. The van der Waals surface area contributed by atoms with E-state index >= 15 is 0 Å². The molecule has 0 aromatic heterocycles. The Hall–Kier alpha value is -7.68. The highest BCUT2D eigenvalue weighted by atomic mass is 16.5. The molecule has 13 rings (SSSR count). The summed E-state index contributed by atoms with van der Waals surface area (Å²) >= 11 is 0. The van der Waals surface area contributed by atoms with E-state index in [0.29, 0.717) is 0 Å². The van der Waals surface area contributed by atoms with E-state index in [4.69, 9.17) is 4.74 Å². The van der Waals surface area contributed by atoms with E-state index in [2.05, 4.69) is 231 Å². The zero-order valence-corrected chi connectivity index (χ0v) is 34.6. The molecule has 0 saturated carbocycles. The molecule has 2 heteroatoms. The van der Waals surface area contributed by atoms with E-state index in [1.54, 1.807) is 0 Å². The minimum atomic E-state index is -0.542. The Balaban J connectivity index is 1.10. The van der Waals surface area contributed by atoms with Crippen LogP contribution in [0.25, 0.3) is 56.7 Å².